The summed E-state index contributed by atoms with van der Waals surface area (Å²) in [6.07, 6.45) is -3.67. The van der Waals surface area contributed by atoms with E-state index >= 15 is 0 Å². The molecule has 1 nitrogen and oxygen atoms in total. The first-order chi connectivity index (χ1) is 6.36. The molecule has 0 bridgehead atoms. The van der Waals surface area contributed by atoms with Gasteiger partial charge < -0.3 is 5.73 Å². The van der Waals surface area contributed by atoms with Crippen LogP contribution in [0, 0.1) is 6.92 Å². The van der Waals surface area contributed by atoms with E-state index in [9.17, 15) is 13.2 Å². The normalized spacial score (nSPS) is 11.8. The van der Waals surface area contributed by atoms with Gasteiger partial charge in [-0.1, -0.05) is 13.0 Å². The van der Waals surface area contributed by atoms with Crippen LogP contribution >= 0.6 is 0 Å². The van der Waals surface area contributed by atoms with E-state index in [-0.39, 0.29) is 11.3 Å². The van der Waals surface area contributed by atoms with Crippen molar-refractivity contribution in [2.24, 2.45) is 0 Å². The van der Waals surface area contributed by atoms with Crippen LogP contribution in [0.5, 0.6) is 0 Å². The summed E-state index contributed by atoms with van der Waals surface area (Å²) in [4.78, 5) is 0. The standard InChI is InChI=1S/C10H12F3N/c1-3-7-4-6(2)8(5-9(7)14)10(11,12)13/h4-5H,3,14H2,1-2H3. The summed E-state index contributed by atoms with van der Waals surface area (Å²) in [5.41, 5.74) is 6.05. The maximum absolute atomic E-state index is 12.4. The van der Waals surface area contributed by atoms with E-state index in [1.54, 1.807) is 0 Å². The van der Waals surface area contributed by atoms with Gasteiger partial charge in [-0.15, -0.1) is 0 Å². The van der Waals surface area contributed by atoms with E-state index < -0.39 is 11.7 Å². The Bertz CT molecular complexity index is 342. The van der Waals surface area contributed by atoms with Gasteiger partial charge >= 0.3 is 6.18 Å². The summed E-state index contributed by atoms with van der Waals surface area (Å²) in [5, 5.41) is 0. The monoisotopic (exact) mass is 203 g/mol. The highest BCUT2D eigenvalue weighted by Gasteiger charge is 2.32. The molecule has 4 heteroatoms. The molecule has 0 atom stereocenters. The maximum atomic E-state index is 12.4. The van der Waals surface area contributed by atoms with Crippen LogP contribution in [0.4, 0.5) is 18.9 Å². The average Bonchev–Trinajstić information content (AvgIpc) is 2.06. The van der Waals surface area contributed by atoms with Gasteiger partial charge in [-0.3, -0.25) is 0 Å². The Morgan fingerprint density at radius 1 is 1.29 bits per heavy atom. The van der Waals surface area contributed by atoms with Crippen LogP contribution in [0.3, 0.4) is 0 Å². The number of aryl methyl sites for hydroxylation is 2. The van der Waals surface area contributed by atoms with Gasteiger partial charge in [0.15, 0.2) is 0 Å². The molecule has 0 aromatic heterocycles. The van der Waals surface area contributed by atoms with Crippen LogP contribution < -0.4 is 5.73 Å². The van der Waals surface area contributed by atoms with Crippen molar-refractivity contribution in [2.75, 3.05) is 5.73 Å². The molecular weight excluding hydrogens is 191 g/mol. The van der Waals surface area contributed by atoms with E-state index in [1.807, 2.05) is 6.92 Å². The van der Waals surface area contributed by atoms with E-state index in [0.29, 0.717) is 6.42 Å². The Balaban J connectivity index is 3.29. The minimum atomic E-state index is -4.32. The van der Waals surface area contributed by atoms with Gasteiger partial charge in [-0.05, 0) is 30.5 Å². The SMILES string of the molecule is CCc1cc(C)c(C(F)(F)F)cc1N. The highest BCUT2D eigenvalue weighted by Crippen LogP contribution is 2.34. The number of benzene rings is 1. The first kappa shape index (κ1) is 10.9. The van der Waals surface area contributed by atoms with Crippen LogP contribution in [0.2, 0.25) is 0 Å². The third-order valence-corrected chi connectivity index (χ3v) is 2.17. The molecule has 0 spiro atoms. The van der Waals surface area contributed by atoms with Gasteiger partial charge in [0.05, 0.1) is 5.56 Å². The van der Waals surface area contributed by atoms with Gasteiger partial charge in [-0.25, -0.2) is 0 Å². The van der Waals surface area contributed by atoms with Gasteiger partial charge in [0.2, 0.25) is 0 Å². The van der Waals surface area contributed by atoms with Crippen molar-refractivity contribution < 1.29 is 13.2 Å². The lowest BCUT2D eigenvalue weighted by atomic mass is 10.0. The van der Waals surface area contributed by atoms with Crippen LogP contribution in [0.1, 0.15) is 23.6 Å². The van der Waals surface area contributed by atoms with Gasteiger partial charge in [0.25, 0.3) is 0 Å². The molecule has 1 rings (SSSR count). The minimum absolute atomic E-state index is 0.213. The van der Waals surface area contributed by atoms with E-state index in [0.717, 1.165) is 11.6 Å². The molecule has 0 amide bonds. The first-order valence-corrected chi connectivity index (χ1v) is 4.32. The average molecular weight is 203 g/mol. The molecule has 0 heterocycles. The zero-order valence-corrected chi connectivity index (χ0v) is 8.07. The number of hydrogen-bond donors (Lipinski definition) is 1. The van der Waals surface area contributed by atoms with Crippen molar-refractivity contribution in [3.05, 3.63) is 28.8 Å². The third kappa shape index (κ3) is 2.00. The highest BCUT2D eigenvalue weighted by atomic mass is 19.4. The number of rotatable bonds is 1. The zero-order chi connectivity index (χ0) is 10.9. The second-order valence-electron chi connectivity index (χ2n) is 3.22. The number of hydrogen-bond acceptors (Lipinski definition) is 1. The van der Waals surface area contributed by atoms with Crippen LogP contribution in [0.15, 0.2) is 12.1 Å². The predicted octanol–water partition coefficient (Wildman–Crippen LogP) is 3.16. The maximum Gasteiger partial charge on any atom is 0.416 e. The first-order valence-electron chi connectivity index (χ1n) is 4.32. The largest absolute Gasteiger partial charge is 0.416 e. The van der Waals surface area contributed by atoms with Gasteiger partial charge in [0.1, 0.15) is 0 Å². The molecule has 0 fully saturated rings. The quantitative estimate of drug-likeness (QED) is 0.697. The van der Waals surface area contributed by atoms with Crippen LogP contribution in [0.25, 0.3) is 0 Å². The van der Waals surface area contributed by atoms with Gasteiger partial charge in [-0.2, -0.15) is 13.2 Å². The lowest BCUT2D eigenvalue weighted by molar-refractivity contribution is -0.138. The third-order valence-electron chi connectivity index (χ3n) is 2.17. The number of halogens is 3. The van der Waals surface area contributed by atoms with Crippen molar-refractivity contribution in [1.82, 2.24) is 0 Å². The molecule has 78 valence electrons. The highest BCUT2D eigenvalue weighted by molar-refractivity contribution is 5.52. The zero-order valence-electron chi connectivity index (χ0n) is 8.07. The lowest BCUT2D eigenvalue weighted by Crippen LogP contribution is -2.09. The molecule has 0 aliphatic rings. The molecule has 1 aromatic rings. The topological polar surface area (TPSA) is 26.0 Å². The summed E-state index contributed by atoms with van der Waals surface area (Å²) >= 11 is 0. The van der Waals surface area contributed by atoms with Crippen molar-refractivity contribution in [3.8, 4) is 0 Å². The molecule has 0 aliphatic carbocycles. The van der Waals surface area contributed by atoms with Crippen molar-refractivity contribution in [3.63, 3.8) is 0 Å². The molecule has 0 saturated carbocycles. The summed E-state index contributed by atoms with van der Waals surface area (Å²) in [7, 11) is 0. The molecule has 2 N–H and O–H groups in total. The van der Waals surface area contributed by atoms with Crippen LogP contribution in [-0.4, -0.2) is 0 Å². The Morgan fingerprint density at radius 3 is 2.29 bits per heavy atom. The van der Waals surface area contributed by atoms with Crippen molar-refractivity contribution in [1.29, 1.82) is 0 Å². The molecule has 0 saturated heterocycles. The fraction of sp³-hybridized carbons (Fsp3) is 0.400. The number of nitrogens with two attached hydrogens (primary N) is 1. The number of nitrogen functional groups attached to an aromatic ring is 1. The fourth-order valence-corrected chi connectivity index (χ4v) is 1.40. The molecule has 1 aromatic carbocycles. The van der Waals surface area contributed by atoms with Crippen LogP contribution in [-0.2, 0) is 12.6 Å². The summed E-state index contributed by atoms with van der Waals surface area (Å²) in [6.45, 7) is 3.31. The lowest BCUT2D eigenvalue weighted by Gasteiger charge is -2.13. The molecule has 0 radical (unpaired) electrons. The second-order valence-corrected chi connectivity index (χ2v) is 3.22. The van der Waals surface area contributed by atoms with Crippen molar-refractivity contribution in [2.45, 2.75) is 26.4 Å². The molecular formula is C10H12F3N. The number of alkyl halides is 3. The molecule has 14 heavy (non-hydrogen) atoms. The fourth-order valence-electron chi connectivity index (χ4n) is 1.40. The van der Waals surface area contributed by atoms with Gasteiger partial charge in [0, 0.05) is 5.69 Å². The second kappa shape index (κ2) is 3.52. The minimum Gasteiger partial charge on any atom is -0.398 e. The molecule has 0 aliphatic heterocycles. The summed E-state index contributed by atoms with van der Waals surface area (Å²) in [6, 6.07) is 2.51. The van der Waals surface area contributed by atoms with E-state index in [4.69, 9.17) is 5.73 Å². The Hall–Kier alpha value is -1.19. The van der Waals surface area contributed by atoms with E-state index in [1.165, 1.54) is 13.0 Å². The summed E-state index contributed by atoms with van der Waals surface area (Å²) in [5.74, 6) is 0. The Kier molecular flexibility index (Phi) is 2.73. The number of anilines is 1. The smallest absolute Gasteiger partial charge is 0.398 e. The van der Waals surface area contributed by atoms with Crippen molar-refractivity contribution >= 4 is 5.69 Å². The Labute approximate surface area is 80.7 Å². The molecule has 0 unspecified atom stereocenters. The predicted molar refractivity (Wildman–Crippen MR) is 50.0 cm³/mol. The van der Waals surface area contributed by atoms with E-state index in [2.05, 4.69) is 0 Å². The Morgan fingerprint density at radius 2 is 1.86 bits per heavy atom. The summed E-state index contributed by atoms with van der Waals surface area (Å²) < 4.78 is 37.2.